The van der Waals surface area contributed by atoms with E-state index in [1.54, 1.807) is 36.4 Å². The molecule has 0 unspecified atom stereocenters. The van der Waals surface area contributed by atoms with Crippen molar-refractivity contribution in [1.82, 2.24) is 0 Å². The molecule has 1 N–H and O–H groups in total. The Balaban J connectivity index is 2.12. The minimum absolute atomic E-state index is 0.00344. The molecule has 136 valence electrons. The molecule has 0 saturated carbocycles. The van der Waals surface area contributed by atoms with Crippen LogP contribution in [0.2, 0.25) is 0 Å². The highest BCUT2D eigenvalue weighted by Crippen LogP contribution is 2.28. The van der Waals surface area contributed by atoms with Gasteiger partial charge in [-0.2, -0.15) is 12.6 Å². The molecular weight excluding hydrogens is 358 g/mol. The number of thiol groups is 1. The molecule has 0 aliphatic carbocycles. The predicted molar refractivity (Wildman–Crippen MR) is 110 cm³/mol. The molecule has 0 saturated heterocycles. The van der Waals surface area contributed by atoms with Crippen LogP contribution in [-0.2, 0) is 4.79 Å². The van der Waals surface area contributed by atoms with Crippen molar-refractivity contribution in [3.63, 3.8) is 0 Å². The molecule has 3 aromatic rings. The van der Waals surface area contributed by atoms with Crippen LogP contribution in [0.25, 0.3) is 11.1 Å². The molecule has 0 heterocycles. The average Bonchev–Trinajstić information content (AvgIpc) is 2.72. The summed E-state index contributed by atoms with van der Waals surface area (Å²) in [4.78, 5) is 26.6. The number of aliphatic carboxylic acids is 1. The number of carboxylic acid groups (broad SMARTS) is 1. The van der Waals surface area contributed by atoms with Gasteiger partial charge in [-0.25, -0.2) is 4.79 Å². The number of benzene rings is 3. The topological polar surface area (TPSA) is 57.6 Å². The Bertz CT molecular complexity index is 929. The summed E-state index contributed by atoms with van der Waals surface area (Å²) < 4.78 is 0. The summed E-state index contributed by atoms with van der Waals surface area (Å²) in [7, 11) is 0. The van der Waals surface area contributed by atoms with Crippen molar-refractivity contribution in [2.75, 3.05) is 10.7 Å². The van der Waals surface area contributed by atoms with E-state index in [0.717, 1.165) is 11.1 Å². The molecule has 0 aliphatic heterocycles. The van der Waals surface area contributed by atoms with Crippen LogP contribution in [0.4, 0.5) is 5.69 Å². The van der Waals surface area contributed by atoms with Gasteiger partial charge in [0.2, 0.25) is 0 Å². The van der Waals surface area contributed by atoms with Crippen LogP contribution in [0, 0.1) is 0 Å². The van der Waals surface area contributed by atoms with Crippen molar-refractivity contribution < 1.29 is 14.7 Å². The Hall–Kier alpha value is -3.05. The maximum absolute atomic E-state index is 13.5. The fourth-order valence-corrected chi connectivity index (χ4v) is 3.29. The molecule has 0 bridgehead atoms. The minimum Gasteiger partial charge on any atom is -0.480 e. The van der Waals surface area contributed by atoms with Gasteiger partial charge in [-0.1, -0.05) is 66.7 Å². The van der Waals surface area contributed by atoms with Gasteiger partial charge in [0.15, 0.2) is 0 Å². The van der Waals surface area contributed by atoms with Crippen LogP contribution in [0.1, 0.15) is 10.4 Å². The number of carbonyl (C=O) groups excluding carboxylic acids is 1. The summed E-state index contributed by atoms with van der Waals surface area (Å²) in [6, 6.07) is 24.5. The van der Waals surface area contributed by atoms with Crippen LogP contribution >= 0.6 is 12.6 Å². The third-order valence-electron chi connectivity index (χ3n) is 4.27. The highest BCUT2D eigenvalue weighted by molar-refractivity contribution is 7.80. The van der Waals surface area contributed by atoms with Crippen molar-refractivity contribution >= 4 is 30.2 Å². The van der Waals surface area contributed by atoms with Crippen molar-refractivity contribution in [2.24, 2.45) is 0 Å². The van der Waals surface area contributed by atoms with Crippen LogP contribution < -0.4 is 4.90 Å². The van der Waals surface area contributed by atoms with Gasteiger partial charge in [-0.05, 0) is 29.3 Å². The zero-order valence-electron chi connectivity index (χ0n) is 14.5. The van der Waals surface area contributed by atoms with E-state index in [0.29, 0.717) is 11.3 Å². The predicted octanol–water partition coefficient (Wildman–Crippen LogP) is 4.38. The van der Waals surface area contributed by atoms with E-state index >= 15 is 0 Å². The monoisotopic (exact) mass is 377 g/mol. The first-order valence-corrected chi connectivity index (χ1v) is 9.13. The summed E-state index contributed by atoms with van der Waals surface area (Å²) >= 11 is 4.17. The maximum atomic E-state index is 13.5. The number of carboxylic acids is 1. The van der Waals surface area contributed by atoms with Crippen LogP contribution in [0.5, 0.6) is 0 Å². The van der Waals surface area contributed by atoms with Crippen LogP contribution in [-0.4, -0.2) is 28.8 Å². The highest BCUT2D eigenvalue weighted by atomic mass is 32.1. The molecule has 0 fully saturated rings. The Kier molecular flexibility index (Phi) is 5.94. The van der Waals surface area contributed by atoms with E-state index in [9.17, 15) is 14.7 Å². The van der Waals surface area contributed by atoms with Crippen LogP contribution in [0.3, 0.4) is 0 Å². The fourth-order valence-electron chi connectivity index (χ4n) is 2.97. The van der Waals surface area contributed by atoms with E-state index in [4.69, 9.17) is 0 Å². The van der Waals surface area contributed by atoms with Gasteiger partial charge in [-0.15, -0.1) is 0 Å². The molecule has 1 amide bonds. The Morgan fingerprint density at radius 1 is 0.852 bits per heavy atom. The largest absolute Gasteiger partial charge is 0.480 e. The number of rotatable bonds is 6. The second kappa shape index (κ2) is 8.56. The first-order chi connectivity index (χ1) is 13.1. The second-order valence-corrected chi connectivity index (χ2v) is 6.32. The lowest BCUT2D eigenvalue weighted by atomic mass is 9.98. The van der Waals surface area contributed by atoms with Crippen molar-refractivity contribution in [1.29, 1.82) is 0 Å². The summed E-state index contributed by atoms with van der Waals surface area (Å²) in [5.74, 6) is -1.47. The fraction of sp³-hybridized carbons (Fsp3) is 0.0909. The highest BCUT2D eigenvalue weighted by Gasteiger charge is 2.31. The molecule has 0 radical (unpaired) electrons. The normalized spacial score (nSPS) is 11.6. The quantitative estimate of drug-likeness (QED) is 0.627. The van der Waals surface area contributed by atoms with Crippen molar-refractivity contribution in [2.45, 2.75) is 6.04 Å². The van der Waals surface area contributed by atoms with Gasteiger partial charge in [-0.3, -0.25) is 9.69 Å². The first kappa shape index (κ1) is 18.7. The molecular formula is C22H19NO3S. The van der Waals surface area contributed by atoms with E-state index < -0.39 is 12.0 Å². The van der Waals surface area contributed by atoms with Crippen molar-refractivity contribution in [3.05, 3.63) is 90.5 Å². The van der Waals surface area contributed by atoms with E-state index in [2.05, 4.69) is 12.6 Å². The molecule has 5 heteroatoms. The SMILES string of the molecule is O=C(O)[C@@H](CS)N(C(=O)c1ccccc1-c1ccccc1)c1ccccc1. The summed E-state index contributed by atoms with van der Waals surface area (Å²) in [6.07, 6.45) is 0. The second-order valence-electron chi connectivity index (χ2n) is 5.96. The molecule has 1 atom stereocenters. The van der Waals surface area contributed by atoms with E-state index in [1.165, 1.54) is 4.90 Å². The Morgan fingerprint density at radius 3 is 2.00 bits per heavy atom. The van der Waals surface area contributed by atoms with Crippen molar-refractivity contribution in [3.8, 4) is 11.1 Å². The molecule has 0 spiro atoms. The van der Waals surface area contributed by atoms with Gasteiger partial charge in [0.05, 0.1) is 0 Å². The number of amides is 1. The number of hydrogen-bond acceptors (Lipinski definition) is 3. The van der Waals surface area contributed by atoms with E-state index in [1.807, 2.05) is 48.5 Å². The molecule has 4 nitrogen and oxygen atoms in total. The van der Waals surface area contributed by atoms with Gasteiger partial charge < -0.3 is 5.11 Å². The molecule has 3 rings (SSSR count). The smallest absolute Gasteiger partial charge is 0.327 e. The maximum Gasteiger partial charge on any atom is 0.327 e. The molecule has 0 aromatic heterocycles. The lowest BCUT2D eigenvalue weighted by Gasteiger charge is -2.29. The molecule has 3 aromatic carbocycles. The minimum atomic E-state index is -1.10. The Labute approximate surface area is 163 Å². The lowest BCUT2D eigenvalue weighted by molar-refractivity contribution is -0.137. The number of hydrogen-bond donors (Lipinski definition) is 2. The molecule has 0 aliphatic rings. The average molecular weight is 377 g/mol. The number of anilines is 1. The van der Waals surface area contributed by atoms with Gasteiger partial charge in [0.1, 0.15) is 6.04 Å². The zero-order valence-corrected chi connectivity index (χ0v) is 15.4. The first-order valence-electron chi connectivity index (χ1n) is 8.50. The third-order valence-corrected chi connectivity index (χ3v) is 4.61. The van der Waals surface area contributed by atoms with Gasteiger partial charge >= 0.3 is 5.97 Å². The number of para-hydroxylation sites is 1. The zero-order chi connectivity index (χ0) is 19.2. The summed E-state index contributed by atoms with van der Waals surface area (Å²) in [6.45, 7) is 0. The lowest BCUT2D eigenvalue weighted by Crippen LogP contribution is -2.46. The summed E-state index contributed by atoms with van der Waals surface area (Å²) in [5, 5.41) is 9.64. The number of carbonyl (C=O) groups is 2. The third kappa shape index (κ3) is 4.04. The van der Waals surface area contributed by atoms with E-state index in [-0.39, 0.29) is 11.7 Å². The standard InChI is InChI=1S/C22H19NO3S/c24-21(19-14-8-7-13-18(19)16-9-3-1-4-10-16)23(20(15-27)22(25)26)17-11-5-2-6-12-17/h1-14,20,27H,15H2,(H,25,26)/t20-/m1/s1. The number of nitrogens with zero attached hydrogens (tertiary/aromatic N) is 1. The summed E-state index contributed by atoms with van der Waals surface area (Å²) in [5.41, 5.74) is 2.62. The Morgan fingerprint density at radius 2 is 1.41 bits per heavy atom. The van der Waals surface area contributed by atoms with Crippen LogP contribution in [0.15, 0.2) is 84.9 Å². The van der Waals surface area contributed by atoms with Gasteiger partial charge in [0.25, 0.3) is 5.91 Å². The molecule has 27 heavy (non-hydrogen) atoms. The van der Waals surface area contributed by atoms with Gasteiger partial charge in [0, 0.05) is 17.0 Å².